The Kier molecular flexibility index (Phi) is 11.4. The first-order valence-electron chi connectivity index (χ1n) is 14.3. The molecule has 4 rings (SSSR count). The van der Waals surface area contributed by atoms with E-state index in [0.717, 1.165) is 22.3 Å². The Morgan fingerprint density at radius 3 is 2.44 bits per heavy atom. The number of thioether (sulfide) groups is 1. The molecule has 0 radical (unpaired) electrons. The number of likely N-dealkylation sites (tertiary alicyclic amines) is 1. The average molecular weight is 625 g/mol. The zero-order valence-corrected chi connectivity index (χ0v) is 26.5. The molecule has 0 unspecified atom stereocenters. The summed E-state index contributed by atoms with van der Waals surface area (Å²) in [5, 5.41) is 11.9. The van der Waals surface area contributed by atoms with E-state index >= 15 is 0 Å². The van der Waals surface area contributed by atoms with Gasteiger partial charge >= 0.3 is 5.97 Å². The standard InChI is InChI=1S/C33H40N2O6S2/c1-23-9-7-8-12-28(23)30-17-25(13-14-29(30)32(36)34-31(33(37)38)15-16-42-3)19-35-20-27(18-26(35)21-41-2)43(39,40)22-24-10-5-4-6-11-24/h4-14,17,26-27,31H,15-16,18-22H2,1-3H3,(H,34,36)(H,37,38)/t26-,27-,31+/m1/s1. The Morgan fingerprint density at radius 2 is 1.77 bits per heavy atom. The lowest BCUT2D eigenvalue weighted by Crippen LogP contribution is -2.41. The molecule has 0 saturated carbocycles. The summed E-state index contributed by atoms with van der Waals surface area (Å²) in [5.41, 5.74) is 4.67. The first-order valence-corrected chi connectivity index (χ1v) is 17.4. The van der Waals surface area contributed by atoms with Crippen LogP contribution in [0.2, 0.25) is 0 Å². The van der Waals surface area contributed by atoms with E-state index in [0.29, 0.717) is 49.4 Å². The number of carboxylic acids is 1. The van der Waals surface area contributed by atoms with Gasteiger partial charge in [0.2, 0.25) is 0 Å². The van der Waals surface area contributed by atoms with Gasteiger partial charge in [-0.15, -0.1) is 0 Å². The fraction of sp³-hybridized carbons (Fsp3) is 0.394. The van der Waals surface area contributed by atoms with Crippen molar-refractivity contribution in [2.24, 2.45) is 0 Å². The number of amides is 1. The van der Waals surface area contributed by atoms with Crippen molar-refractivity contribution in [2.75, 3.05) is 32.3 Å². The molecule has 43 heavy (non-hydrogen) atoms. The lowest BCUT2D eigenvalue weighted by Gasteiger charge is -2.24. The molecular weight excluding hydrogens is 585 g/mol. The molecule has 0 aromatic heterocycles. The van der Waals surface area contributed by atoms with Crippen molar-refractivity contribution in [1.29, 1.82) is 0 Å². The van der Waals surface area contributed by atoms with Crippen LogP contribution in [-0.4, -0.2) is 79.9 Å². The van der Waals surface area contributed by atoms with Gasteiger partial charge < -0.3 is 15.2 Å². The van der Waals surface area contributed by atoms with Crippen molar-refractivity contribution in [3.8, 4) is 11.1 Å². The van der Waals surface area contributed by atoms with Gasteiger partial charge in [-0.25, -0.2) is 13.2 Å². The Morgan fingerprint density at radius 1 is 1.05 bits per heavy atom. The summed E-state index contributed by atoms with van der Waals surface area (Å²) in [6, 6.07) is 21.5. The van der Waals surface area contributed by atoms with E-state index < -0.39 is 33.0 Å². The minimum atomic E-state index is -3.39. The molecule has 230 valence electrons. The molecule has 1 aliphatic rings. The van der Waals surface area contributed by atoms with Gasteiger partial charge in [0.15, 0.2) is 9.84 Å². The Labute approximate surface area is 258 Å². The molecule has 0 spiro atoms. The van der Waals surface area contributed by atoms with Gasteiger partial charge in [-0.05, 0) is 71.7 Å². The fourth-order valence-corrected chi connectivity index (χ4v) is 7.93. The van der Waals surface area contributed by atoms with Gasteiger partial charge in [0.1, 0.15) is 6.04 Å². The van der Waals surface area contributed by atoms with Gasteiger partial charge in [0, 0.05) is 31.8 Å². The Hall–Kier alpha value is -3.18. The first-order chi connectivity index (χ1) is 20.6. The smallest absolute Gasteiger partial charge is 0.326 e. The third-order valence-corrected chi connectivity index (χ3v) is 10.7. The zero-order valence-electron chi connectivity index (χ0n) is 24.9. The molecule has 8 nitrogen and oxygen atoms in total. The van der Waals surface area contributed by atoms with E-state index in [2.05, 4.69) is 10.2 Å². The number of carbonyl (C=O) groups excluding carboxylic acids is 1. The number of carbonyl (C=O) groups is 2. The summed E-state index contributed by atoms with van der Waals surface area (Å²) in [6.07, 6.45) is 2.71. The van der Waals surface area contributed by atoms with E-state index in [1.807, 2.05) is 79.9 Å². The van der Waals surface area contributed by atoms with Crippen LogP contribution in [0.3, 0.4) is 0 Å². The Balaban J connectivity index is 1.61. The number of nitrogens with zero attached hydrogens (tertiary/aromatic N) is 1. The highest BCUT2D eigenvalue weighted by Crippen LogP contribution is 2.31. The SMILES string of the molecule is COC[C@H]1C[C@@H](S(=O)(=O)Cc2ccccc2)CN1Cc1ccc(C(=O)N[C@@H](CCSC)C(=O)O)c(-c2ccccc2C)c1. The van der Waals surface area contributed by atoms with E-state index in [-0.39, 0.29) is 11.8 Å². The topological polar surface area (TPSA) is 113 Å². The number of hydrogen-bond donors (Lipinski definition) is 2. The average Bonchev–Trinajstić information content (AvgIpc) is 3.39. The maximum atomic E-state index is 13.4. The lowest BCUT2D eigenvalue weighted by molar-refractivity contribution is -0.139. The predicted octanol–water partition coefficient (Wildman–Crippen LogP) is 4.80. The van der Waals surface area contributed by atoms with Crippen LogP contribution < -0.4 is 5.32 Å². The van der Waals surface area contributed by atoms with Crippen LogP contribution in [0.25, 0.3) is 11.1 Å². The number of nitrogens with one attached hydrogen (secondary N) is 1. The highest BCUT2D eigenvalue weighted by Gasteiger charge is 2.39. The maximum Gasteiger partial charge on any atom is 0.326 e. The zero-order chi connectivity index (χ0) is 31.0. The van der Waals surface area contributed by atoms with E-state index in [1.165, 1.54) is 11.8 Å². The van der Waals surface area contributed by atoms with Crippen molar-refractivity contribution in [3.63, 3.8) is 0 Å². The van der Waals surface area contributed by atoms with Crippen LogP contribution in [0, 0.1) is 6.92 Å². The van der Waals surface area contributed by atoms with Crippen LogP contribution >= 0.6 is 11.8 Å². The first kappa shape index (κ1) is 32.7. The second kappa shape index (κ2) is 15.0. The number of rotatable bonds is 14. The molecule has 10 heteroatoms. The maximum absolute atomic E-state index is 13.4. The fourth-order valence-electron chi connectivity index (χ4n) is 5.63. The number of carboxylic acid groups (broad SMARTS) is 1. The molecule has 1 saturated heterocycles. The molecule has 1 amide bonds. The number of ether oxygens (including phenoxy) is 1. The summed E-state index contributed by atoms with van der Waals surface area (Å²) in [6.45, 7) is 3.26. The molecule has 1 heterocycles. The minimum absolute atomic E-state index is 0.00156. The third kappa shape index (κ3) is 8.47. The number of methoxy groups -OCH3 is 1. The van der Waals surface area contributed by atoms with E-state index in [1.54, 1.807) is 13.2 Å². The summed E-state index contributed by atoms with van der Waals surface area (Å²) >= 11 is 1.53. The predicted molar refractivity (Wildman–Crippen MR) is 172 cm³/mol. The van der Waals surface area contributed by atoms with Crippen LogP contribution in [0.15, 0.2) is 72.8 Å². The van der Waals surface area contributed by atoms with Gasteiger partial charge in [0.05, 0.1) is 17.6 Å². The van der Waals surface area contributed by atoms with Crippen LogP contribution in [0.5, 0.6) is 0 Å². The van der Waals surface area contributed by atoms with Gasteiger partial charge in [0.25, 0.3) is 5.91 Å². The Bertz CT molecular complexity index is 1510. The van der Waals surface area contributed by atoms with E-state index in [9.17, 15) is 23.1 Å². The molecule has 0 bridgehead atoms. The minimum Gasteiger partial charge on any atom is -0.480 e. The highest BCUT2D eigenvalue weighted by atomic mass is 32.2. The molecule has 2 N–H and O–H groups in total. The second-order valence-electron chi connectivity index (χ2n) is 11.0. The number of aryl methyl sites for hydroxylation is 1. The second-order valence-corrected chi connectivity index (χ2v) is 14.3. The van der Waals surface area contributed by atoms with Crippen molar-refractivity contribution in [2.45, 2.75) is 49.4 Å². The number of benzene rings is 3. The third-order valence-electron chi connectivity index (χ3n) is 7.93. The van der Waals surface area contributed by atoms with Crippen molar-refractivity contribution in [1.82, 2.24) is 10.2 Å². The summed E-state index contributed by atoms with van der Waals surface area (Å²) in [4.78, 5) is 27.4. The lowest BCUT2D eigenvalue weighted by atomic mass is 9.93. The van der Waals surface area contributed by atoms with Crippen molar-refractivity contribution >= 4 is 33.5 Å². The summed E-state index contributed by atoms with van der Waals surface area (Å²) in [7, 11) is -1.77. The largest absolute Gasteiger partial charge is 0.480 e. The molecule has 1 fully saturated rings. The number of hydrogen-bond acceptors (Lipinski definition) is 7. The molecule has 1 aliphatic heterocycles. The van der Waals surface area contributed by atoms with Crippen LogP contribution in [-0.2, 0) is 31.7 Å². The quantitative estimate of drug-likeness (QED) is 0.263. The normalized spacial score (nSPS) is 17.9. The van der Waals surface area contributed by atoms with Crippen LogP contribution in [0.1, 0.15) is 39.9 Å². The highest BCUT2D eigenvalue weighted by molar-refractivity contribution is 7.98. The van der Waals surface area contributed by atoms with Gasteiger partial charge in [-0.1, -0.05) is 60.7 Å². The molecule has 3 aromatic carbocycles. The van der Waals surface area contributed by atoms with Crippen molar-refractivity contribution < 1.29 is 27.9 Å². The number of sulfone groups is 1. The van der Waals surface area contributed by atoms with Crippen LogP contribution in [0.4, 0.5) is 0 Å². The number of aliphatic carboxylic acids is 1. The monoisotopic (exact) mass is 624 g/mol. The van der Waals surface area contributed by atoms with Gasteiger partial charge in [-0.3, -0.25) is 9.69 Å². The van der Waals surface area contributed by atoms with Gasteiger partial charge in [-0.2, -0.15) is 11.8 Å². The molecule has 3 atom stereocenters. The molecule has 3 aromatic rings. The molecule has 0 aliphatic carbocycles. The van der Waals surface area contributed by atoms with Crippen molar-refractivity contribution in [3.05, 3.63) is 95.1 Å². The van der Waals surface area contributed by atoms with E-state index in [4.69, 9.17) is 4.74 Å². The summed E-state index contributed by atoms with van der Waals surface area (Å²) < 4.78 is 32.3. The summed E-state index contributed by atoms with van der Waals surface area (Å²) in [5.74, 6) is -0.890. The molecular formula is C33H40N2O6S2.